The molecule has 1 saturated carbocycles. The summed E-state index contributed by atoms with van der Waals surface area (Å²) >= 11 is 7.10. The maximum absolute atomic E-state index is 13.6. The number of carbonyl (C=O) groups is 3. The Morgan fingerprint density at radius 3 is 2.66 bits per heavy atom. The topological polar surface area (TPSA) is 97.0 Å². The molecular weight excluding hydrogens is 542 g/mol. The largest absolute Gasteiger partial charge is 0.433 e. The number of hydrogen-bond donors (Lipinski definition) is 2. The Morgan fingerprint density at radius 1 is 1.29 bits per heavy atom. The number of likely N-dealkylation sites (N-methyl/N-ethyl adjacent to an activating group) is 1. The molecule has 3 amide bonds. The second-order valence-corrected chi connectivity index (χ2v) is 11.1. The van der Waals surface area contributed by atoms with E-state index in [1.54, 1.807) is 12.1 Å². The first kappa shape index (κ1) is 28.2. The Hall–Kier alpha value is -2.80. The number of halogens is 3. The van der Waals surface area contributed by atoms with Crippen molar-refractivity contribution < 1.29 is 37.1 Å². The highest BCUT2D eigenvalue weighted by atomic mass is 35.5. The van der Waals surface area contributed by atoms with Crippen LogP contribution < -0.4 is 20.3 Å². The summed E-state index contributed by atoms with van der Waals surface area (Å²) in [5.41, 5.74) is 0.400. The molecule has 2 aromatic rings. The zero-order valence-electron chi connectivity index (χ0n) is 21.0. The van der Waals surface area contributed by atoms with Gasteiger partial charge in [0.15, 0.2) is 11.8 Å². The quantitative estimate of drug-likeness (QED) is 0.401. The molecule has 1 unspecified atom stereocenters. The summed E-state index contributed by atoms with van der Waals surface area (Å²) in [7, 11) is 1.98. The monoisotopic (exact) mass is 571 g/mol. The number of hydrogen-bond acceptors (Lipinski definition) is 6. The van der Waals surface area contributed by atoms with E-state index in [2.05, 4.69) is 10.6 Å². The molecular formula is C25H30ClF2N4O5S+. The number of carbonyl (C=O) groups excluding carboxylic acids is 3. The van der Waals surface area contributed by atoms with E-state index in [0.29, 0.717) is 20.2 Å². The van der Waals surface area contributed by atoms with Gasteiger partial charge >= 0.3 is 6.61 Å². The smallest absolute Gasteiger partial charge is 0.387 e. The van der Waals surface area contributed by atoms with Crippen LogP contribution in [0.15, 0.2) is 30.3 Å². The molecule has 0 spiro atoms. The summed E-state index contributed by atoms with van der Waals surface area (Å²) in [5, 5.41) is 5.66. The SMILES string of the molecule is CC[N@+](C)(C1CC1)C(CNC(=O)c1ccc(Cl)s1)C(=O)Nc1ccc(N2CCOCC2=O)c(OC(F)F)c1. The average molecular weight is 572 g/mol. The van der Waals surface area contributed by atoms with Gasteiger partial charge in [0.25, 0.3) is 17.7 Å². The second kappa shape index (κ2) is 11.9. The van der Waals surface area contributed by atoms with E-state index in [1.807, 2.05) is 14.0 Å². The third-order valence-corrected chi connectivity index (χ3v) is 8.28. The van der Waals surface area contributed by atoms with Gasteiger partial charge in [-0.2, -0.15) is 8.78 Å². The minimum Gasteiger partial charge on any atom is -0.433 e. The van der Waals surface area contributed by atoms with Crippen LogP contribution in [0.1, 0.15) is 29.4 Å². The number of amides is 3. The molecule has 1 aliphatic carbocycles. The molecule has 2 fully saturated rings. The maximum atomic E-state index is 13.6. The van der Waals surface area contributed by atoms with E-state index in [9.17, 15) is 23.2 Å². The highest BCUT2D eigenvalue weighted by Gasteiger charge is 2.48. The van der Waals surface area contributed by atoms with Crippen LogP contribution in [0.4, 0.5) is 20.2 Å². The summed E-state index contributed by atoms with van der Waals surface area (Å²) in [6.45, 7) is -0.121. The Morgan fingerprint density at radius 2 is 2.05 bits per heavy atom. The number of nitrogens with one attached hydrogen (secondary N) is 2. The number of benzene rings is 1. The molecule has 0 radical (unpaired) electrons. The lowest BCUT2D eigenvalue weighted by Crippen LogP contribution is -2.62. The number of anilines is 2. The zero-order valence-corrected chi connectivity index (χ0v) is 22.6. The van der Waals surface area contributed by atoms with Crippen molar-refractivity contribution in [3.05, 3.63) is 39.5 Å². The van der Waals surface area contributed by atoms with Gasteiger partial charge in [-0.3, -0.25) is 14.4 Å². The van der Waals surface area contributed by atoms with Gasteiger partial charge in [0, 0.05) is 31.1 Å². The number of rotatable bonds is 11. The van der Waals surface area contributed by atoms with Crippen molar-refractivity contribution in [3.8, 4) is 5.75 Å². The van der Waals surface area contributed by atoms with E-state index >= 15 is 0 Å². The highest BCUT2D eigenvalue weighted by molar-refractivity contribution is 7.18. The third kappa shape index (κ3) is 6.42. The number of thiophene rings is 1. The molecule has 38 heavy (non-hydrogen) atoms. The van der Waals surface area contributed by atoms with Gasteiger partial charge in [-0.15, -0.1) is 11.3 Å². The van der Waals surface area contributed by atoms with E-state index in [0.717, 1.165) is 24.2 Å². The molecule has 4 rings (SSSR count). The lowest BCUT2D eigenvalue weighted by molar-refractivity contribution is -0.931. The van der Waals surface area contributed by atoms with E-state index in [1.165, 1.54) is 23.1 Å². The fourth-order valence-corrected chi connectivity index (χ4v) is 5.64. The van der Waals surface area contributed by atoms with Gasteiger partial charge in [0.1, 0.15) is 6.61 Å². The van der Waals surface area contributed by atoms with Crippen molar-refractivity contribution in [2.24, 2.45) is 0 Å². The Balaban J connectivity index is 1.56. The molecule has 2 N–H and O–H groups in total. The van der Waals surface area contributed by atoms with Gasteiger partial charge in [-0.25, -0.2) is 0 Å². The lowest BCUT2D eigenvalue weighted by atomic mass is 10.1. The van der Waals surface area contributed by atoms with Crippen LogP contribution in [0.5, 0.6) is 5.75 Å². The van der Waals surface area contributed by atoms with Crippen LogP contribution in [0, 0.1) is 0 Å². The molecule has 206 valence electrons. The standard InChI is InChI=1S/C25H29ClF2N4O5S/c1-3-32(2,16-5-6-16)18(13-29-24(35)20-8-9-21(26)38-20)23(34)30-15-4-7-17(19(12-15)37-25(27)28)31-10-11-36-14-22(31)33/h4,7-9,12,16,18,25H,3,5-6,10-11,13-14H2,1-2H3,(H-,29,30,34,35)/p+1/t18?,32-/m1/s1. The first-order valence-electron chi connectivity index (χ1n) is 12.3. The summed E-state index contributed by atoms with van der Waals surface area (Å²) in [4.78, 5) is 40.3. The summed E-state index contributed by atoms with van der Waals surface area (Å²) in [5.74, 6) is -1.31. The van der Waals surface area contributed by atoms with Crippen LogP contribution in [-0.2, 0) is 14.3 Å². The Bertz CT molecular complexity index is 1190. The van der Waals surface area contributed by atoms with Crippen LogP contribution in [0.25, 0.3) is 0 Å². The van der Waals surface area contributed by atoms with Crippen molar-refractivity contribution in [3.63, 3.8) is 0 Å². The number of nitrogens with zero attached hydrogens (tertiary/aromatic N) is 2. The summed E-state index contributed by atoms with van der Waals surface area (Å²) in [6.07, 6.45) is 1.94. The summed E-state index contributed by atoms with van der Waals surface area (Å²) in [6, 6.07) is 7.15. The fourth-order valence-electron chi connectivity index (χ4n) is 4.68. The summed E-state index contributed by atoms with van der Waals surface area (Å²) < 4.78 is 37.2. The minimum atomic E-state index is -3.13. The van der Waals surface area contributed by atoms with Gasteiger partial charge < -0.3 is 29.5 Å². The second-order valence-electron chi connectivity index (χ2n) is 9.37. The van der Waals surface area contributed by atoms with Gasteiger partial charge in [-0.05, 0) is 31.2 Å². The normalized spacial score (nSPS) is 18.2. The van der Waals surface area contributed by atoms with E-state index in [4.69, 9.17) is 21.1 Å². The van der Waals surface area contributed by atoms with Crippen molar-refractivity contribution in [1.82, 2.24) is 5.32 Å². The van der Waals surface area contributed by atoms with Gasteiger partial charge in [0.05, 0.1) is 47.7 Å². The number of alkyl halides is 2. The van der Waals surface area contributed by atoms with E-state index < -0.39 is 12.7 Å². The highest BCUT2D eigenvalue weighted by Crippen LogP contribution is 2.36. The maximum Gasteiger partial charge on any atom is 0.387 e. The van der Waals surface area contributed by atoms with Gasteiger partial charge in [0.2, 0.25) is 0 Å². The van der Waals surface area contributed by atoms with Crippen molar-refractivity contribution >= 4 is 52.0 Å². The Kier molecular flexibility index (Phi) is 8.86. The predicted molar refractivity (Wildman–Crippen MR) is 140 cm³/mol. The molecule has 2 heterocycles. The van der Waals surface area contributed by atoms with Gasteiger partial charge in [-0.1, -0.05) is 11.6 Å². The van der Waals surface area contributed by atoms with E-state index in [-0.39, 0.29) is 67.2 Å². The Labute approximate surface area is 228 Å². The number of quaternary nitrogens is 1. The molecule has 9 nitrogen and oxygen atoms in total. The fraction of sp³-hybridized carbons (Fsp3) is 0.480. The first-order valence-corrected chi connectivity index (χ1v) is 13.5. The molecule has 1 aromatic heterocycles. The lowest BCUT2D eigenvalue weighted by Gasteiger charge is -2.40. The van der Waals surface area contributed by atoms with Crippen LogP contribution in [0.3, 0.4) is 0 Å². The predicted octanol–water partition coefficient (Wildman–Crippen LogP) is 3.73. The molecule has 13 heteroatoms. The van der Waals surface area contributed by atoms with Crippen molar-refractivity contribution in [2.75, 3.05) is 50.1 Å². The minimum absolute atomic E-state index is 0.0712. The molecule has 1 aromatic carbocycles. The van der Waals surface area contributed by atoms with Crippen LogP contribution in [-0.4, -0.2) is 80.8 Å². The van der Waals surface area contributed by atoms with Crippen LogP contribution >= 0.6 is 22.9 Å². The first-order chi connectivity index (χ1) is 18.1. The van der Waals surface area contributed by atoms with Crippen molar-refractivity contribution in [1.29, 1.82) is 0 Å². The molecule has 1 aliphatic heterocycles. The molecule has 0 bridgehead atoms. The number of ether oxygens (including phenoxy) is 2. The molecule has 2 aliphatic rings. The molecule has 1 saturated heterocycles. The van der Waals surface area contributed by atoms with Crippen molar-refractivity contribution in [2.45, 2.75) is 38.5 Å². The third-order valence-electron chi connectivity index (χ3n) is 7.05. The number of morpholine rings is 1. The zero-order chi connectivity index (χ0) is 27.4. The average Bonchev–Trinajstić information content (AvgIpc) is 3.65. The van der Waals surface area contributed by atoms with Crippen LogP contribution in [0.2, 0.25) is 4.34 Å². The molecule has 2 atom stereocenters.